The number of hydrogen-bond donors (Lipinski definition) is 1. The van der Waals surface area contributed by atoms with Crippen molar-refractivity contribution < 1.29 is 9.90 Å². The maximum atomic E-state index is 12.0. The van der Waals surface area contributed by atoms with Gasteiger partial charge in [0.15, 0.2) is 0 Å². The second-order valence-corrected chi connectivity index (χ2v) is 4.96. The fourth-order valence-electron chi connectivity index (χ4n) is 3.06. The lowest BCUT2D eigenvalue weighted by Crippen LogP contribution is -2.47. The van der Waals surface area contributed by atoms with Crippen LogP contribution in [0.2, 0.25) is 0 Å². The second-order valence-electron chi connectivity index (χ2n) is 4.96. The smallest absolute Gasteiger partial charge is 0.239 e. The molecule has 0 spiro atoms. The summed E-state index contributed by atoms with van der Waals surface area (Å²) in [5.74, 6) is 0.236. The number of rotatable bonds is 4. The van der Waals surface area contributed by atoms with E-state index in [0.717, 1.165) is 13.0 Å². The minimum Gasteiger partial charge on any atom is -0.395 e. The van der Waals surface area contributed by atoms with Gasteiger partial charge in [0, 0.05) is 26.2 Å². The first-order valence-electron chi connectivity index (χ1n) is 6.35. The molecular weight excluding hydrogens is 204 g/mol. The Morgan fingerprint density at radius 1 is 1.38 bits per heavy atom. The van der Waals surface area contributed by atoms with Crippen LogP contribution in [0.3, 0.4) is 0 Å². The predicted octanol–water partition coefficient (Wildman–Crippen LogP) is 0.454. The van der Waals surface area contributed by atoms with E-state index in [9.17, 15) is 4.79 Å². The fourth-order valence-corrected chi connectivity index (χ4v) is 3.06. The number of aliphatic hydroxyl groups excluding tert-OH is 1. The first kappa shape index (κ1) is 11.9. The van der Waals surface area contributed by atoms with Crippen LogP contribution in [0.15, 0.2) is 0 Å². The first-order valence-corrected chi connectivity index (χ1v) is 6.35. The van der Waals surface area contributed by atoms with Crippen molar-refractivity contribution in [1.82, 2.24) is 9.80 Å². The van der Waals surface area contributed by atoms with Crippen LogP contribution in [0.5, 0.6) is 0 Å². The number of likely N-dealkylation sites (tertiary alicyclic amines) is 1. The van der Waals surface area contributed by atoms with E-state index in [1.54, 1.807) is 0 Å². The third-order valence-corrected chi connectivity index (χ3v) is 3.95. The van der Waals surface area contributed by atoms with Gasteiger partial charge in [-0.05, 0) is 19.3 Å². The largest absolute Gasteiger partial charge is 0.395 e. The average molecular weight is 226 g/mol. The Hall–Kier alpha value is -0.610. The summed E-state index contributed by atoms with van der Waals surface area (Å²) in [6.07, 6.45) is 5.83. The van der Waals surface area contributed by atoms with Crippen LogP contribution in [0.1, 0.15) is 32.1 Å². The van der Waals surface area contributed by atoms with E-state index < -0.39 is 0 Å². The lowest BCUT2D eigenvalue weighted by atomic mass is 10.1. The van der Waals surface area contributed by atoms with Gasteiger partial charge in [0.2, 0.25) is 5.91 Å². The van der Waals surface area contributed by atoms with Crippen molar-refractivity contribution >= 4 is 5.91 Å². The standard InChI is InChI=1S/C12H22N2O2/c1-13-7-6-11(12(13)16)14(8-9-15)10-4-2-3-5-10/h10-11,15H,2-9H2,1H3. The molecule has 92 valence electrons. The van der Waals surface area contributed by atoms with Crippen molar-refractivity contribution in [1.29, 1.82) is 0 Å². The van der Waals surface area contributed by atoms with Crippen LogP contribution in [0.25, 0.3) is 0 Å². The van der Waals surface area contributed by atoms with Crippen LogP contribution < -0.4 is 0 Å². The summed E-state index contributed by atoms with van der Waals surface area (Å²) in [7, 11) is 1.87. The highest BCUT2D eigenvalue weighted by Crippen LogP contribution is 2.28. The molecule has 0 aromatic heterocycles. The molecule has 1 heterocycles. The molecule has 1 saturated carbocycles. The molecule has 0 bridgehead atoms. The van der Waals surface area contributed by atoms with Crippen LogP contribution >= 0.6 is 0 Å². The quantitative estimate of drug-likeness (QED) is 0.757. The molecule has 1 atom stereocenters. The molecule has 16 heavy (non-hydrogen) atoms. The molecule has 4 nitrogen and oxygen atoms in total. The van der Waals surface area contributed by atoms with Crippen molar-refractivity contribution in [3.63, 3.8) is 0 Å². The summed E-state index contributed by atoms with van der Waals surface area (Å²) in [5, 5.41) is 9.14. The summed E-state index contributed by atoms with van der Waals surface area (Å²) in [6.45, 7) is 1.66. The number of aliphatic hydroxyl groups is 1. The van der Waals surface area contributed by atoms with Crippen LogP contribution in [0, 0.1) is 0 Å². The summed E-state index contributed by atoms with van der Waals surface area (Å²) in [6, 6.07) is 0.549. The molecule has 1 aliphatic carbocycles. The van der Waals surface area contributed by atoms with Crippen molar-refractivity contribution in [2.24, 2.45) is 0 Å². The monoisotopic (exact) mass is 226 g/mol. The number of likely N-dealkylation sites (N-methyl/N-ethyl adjacent to an activating group) is 1. The molecule has 1 N–H and O–H groups in total. The maximum Gasteiger partial charge on any atom is 0.239 e. The molecule has 1 amide bonds. The van der Waals surface area contributed by atoms with Crippen LogP contribution in [0.4, 0.5) is 0 Å². The van der Waals surface area contributed by atoms with Gasteiger partial charge in [-0.2, -0.15) is 0 Å². The van der Waals surface area contributed by atoms with E-state index in [1.165, 1.54) is 25.7 Å². The summed E-state index contributed by atoms with van der Waals surface area (Å²) in [5.41, 5.74) is 0. The molecule has 4 heteroatoms. The van der Waals surface area contributed by atoms with Crippen molar-refractivity contribution in [2.45, 2.75) is 44.2 Å². The highest BCUT2D eigenvalue weighted by molar-refractivity contribution is 5.83. The molecule has 2 aliphatic rings. The Morgan fingerprint density at radius 2 is 2.06 bits per heavy atom. The molecule has 0 aromatic rings. The zero-order valence-corrected chi connectivity index (χ0v) is 10.1. The molecule has 0 aromatic carbocycles. The van der Waals surface area contributed by atoms with E-state index >= 15 is 0 Å². The van der Waals surface area contributed by atoms with E-state index in [1.807, 2.05) is 11.9 Å². The Morgan fingerprint density at radius 3 is 2.56 bits per heavy atom. The SMILES string of the molecule is CN1CCC(N(CCO)C2CCCC2)C1=O. The van der Waals surface area contributed by atoms with Gasteiger partial charge in [-0.3, -0.25) is 9.69 Å². The summed E-state index contributed by atoms with van der Waals surface area (Å²) in [4.78, 5) is 16.0. The van der Waals surface area contributed by atoms with Gasteiger partial charge in [0.1, 0.15) is 0 Å². The molecule has 1 unspecified atom stereocenters. The molecule has 1 aliphatic heterocycles. The first-order chi connectivity index (χ1) is 7.74. The third kappa shape index (κ3) is 2.23. The number of nitrogens with zero attached hydrogens (tertiary/aromatic N) is 2. The van der Waals surface area contributed by atoms with E-state index in [0.29, 0.717) is 12.6 Å². The van der Waals surface area contributed by atoms with Crippen molar-refractivity contribution in [3.8, 4) is 0 Å². The van der Waals surface area contributed by atoms with Crippen LogP contribution in [-0.2, 0) is 4.79 Å². The van der Waals surface area contributed by atoms with Gasteiger partial charge in [-0.1, -0.05) is 12.8 Å². The van der Waals surface area contributed by atoms with E-state index in [4.69, 9.17) is 5.11 Å². The average Bonchev–Trinajstić information content (AvgIpc) is 2.89. The molecule has 2 fully saturated rings. The fraction of sp³-hybridized carbons (Fsp3) is 0.917. The lowest BCUT2D eigenvalue weighted by molar-refractivity contribution is -0.132. The minimum absolute atomic E-state index is 0.0280. The van der Waals surface area contributed by atoms with E-state index in [2.05, 4.69) is 4.90 Å². The van der Waals surface area contributed by atoms with E-state index in [-0.39, 0.29) is 18.6 Å². The van der Waals surface area contributed by atoms with Gasteiger partial charge in [-0.15, -0.1) is 0 Å². The van der Waals surface area contributed by atoms with Crippen molar-refractivity contribution in [2.75, 3.05) is 26.7 Å². The lowest BCUT2D eigenvalue weighted by Gasteiger charge is -2.32. The Kier molecular flexibility index (Phi) is 3.82. The maximum absolute atomic E-state index is 12.0. The number of carbonyl (C=O) groups is 1. The number of hydrogen-bond acceptors (Lipinski definition) is 3. The highest BCUT2D eigenvalue weighted by atomic mass is 16.3. The highest BCUT2D eigenvalue weighted by Gasteiger charge is 2.37. The topological polar surface area (TPSA) is 43.8 Å². The minimum atomic E-state index is 0.0280. The van der Waals surface area contributed by atoms with Gasteiger partial charge in [-0.25, -0.2) is 0 Å². The third-order valence-electron chi connectivity index (χ3n) is 3.95. The van der Waals surface area contributed by atoms with Gasteiger partial charge >= 0.3 is 0 Å². The van der Waals surface area contributed by atoms with Crippen LogP contribution in [-0.4, -0.2) is 59.6 Å². The zero-order chi connectivity index (χ0) is 11.5. The normalized spacial score (nSPS) is 27.3. The summed E-state index contributed by atoms with van der Waals surface area (Å²) >= 11 is 0. The Balaban J connectivity index is 2.03. The number of amides is 1. The Bertz CT molecular complexity index is 251. The Labute approximate surface area is 97.2 Å². The predicted molar refractivity (Wildman–Crippen MR) is 62.1 cm³/mol. The van der Waals surface area contributed by atoms with Crippen molar-refractivity contribution in [3.05, 3.63) is 0 Å². The number of carbonyl (C=O) groups excluding carboxylic acids is 1. The molecule has 0 radical (unpaired) electrons. The zero-order valence-electron chi connectivity index (χ0n) is 10.1. The van der Waals surface area contributed by atoms with Gasteiger partial charge in [0.25, 0.3) is 0 Å². The summed E-state index contributed by atoms with van der Waals surface area (Å²) < 4.78 is 0. The molecule has 1 saturated heterocycles. The second kappa shape index (κ2) is 5.15. The van der Waals surface area contributed by atoms with Gasteiger partial charge < -0.3 is 10.0 Å². The molecular formula is C12H22N2O2. The van der Waals surface area contributed by atoms with Gasteiger partial charge in [0.05, 0.1) is 12.6 Å². The molecule has 2 rings (SSSR count).